The van der Waals surface area contributed by atoms with Gasteiger partial charge in [-0.1, -0.05) is 39.8 Å². The number of ether oxygens (including phenoxy) is 3. The molecule has 212 valence electrons. The zero-order chi connectivity index (χ0) is 27.4. The molecule has 1 aliphatic heterocycles. The maximum atomic E-state index is 13.0. The Balaban J connectivity index is 1.97. The molecule has 0 saturated carbocycles. The van der Waals surface area contributed by atoms with Crippen LogP contribution in [0, 0.1) is 30.6 Å². The number of benzene rings is 1. The molecule has 7 nitrogen and oxygen atoms in total. The van der Waals surface area contributed by atoms with E-state index in [1.54, 1.807) is 7.11 Å². The van der Waals surface area contributed by atoms with Crippen molar-refractivity contribution in [1.29, 1.82) is 0 Å². The lowest BCUT2D eigenvalue weighted by atomic mass is 9.80. The minimum absolute atomic E-state index is 0.0197. The molecule has 0 bridgehead atoms. The maximum Gasteiger partial charge on any atom is 0.223 e. The van der Waals surface area contributed by atoms with Gasteiger partial charge in [0.1, 0.15) is 5.75 Å². The summed E-state index contributed by atoms with van der Waals surface area (Å²) in [7, 11) is 1.70. The van der Waals surface area contributed by atoms with Crippen LogP contribution in [-0.4, -0.2) is 62.7 Å². The second kappa shape index (κ2) is 16.3. The smallest absolute Gasteiger partial charge is 0.223 e. The molecule has 1 saturated heterocycles. The van der Waals surface area contributed by atoms with Crippen LogP contribution in [0.4, 0.5) is 0 Å². The number of aryl methyl sites for hydroxylation is 1. The number of methoxy groups -OCH3 is 1. The fourth-order valence-corrected chi connectivity index (χ4v) is 4.98. The summed E-state index contributed by atoms with van der Waals surface area (Å²) in [5.74, 6) is 1.50. The van der Waals surface area contributed by atoms with E-state index >= 15 is 0 Å². The van der Waals surface area contributed by atoms with Gasteiger partial charge in [-0.3, -0.25) is 4.79 Å². The van der Waals surface area contributed by atoms with Crippen LogP contribution in [0.15, 0.2) is 18.2 Å². The van der Waals surface area contributed by atoms with Crippen molar-refractivity contribution in [2.45, 2.75) is 91.3 Å². The van der Waals surface area contributed by atoms with Crippen LogP contribution in [0.1, 0.15) is 70.9 Å². The molecule has 1 fully saturated rings. The van der Waals surface area contributed by atoms with E-state index in [-0.39, 0.29) is 29.8 Å². The van der Waals surface area contributed by atoms with Crippen molar-refractivity contribution >= 4 is 5.91 Å². The number of hydrogen-bond donors (Lipinski definition) is 3. The van der Waals surface area contributed by atoms with E-state index in [1.807, 2.05) is 13.8 Å². The molecule has 0 aromatic heterocycles. The van der Waals surface area contributed by atoms with Gasteiger partial charge >= 0.3 is 0 Å². The first kappa shape index (κ1) is 31.5. The van der Waals surface area contributed by atoms with Gasteiger partial charge in [-0.2, -0.15) is 0 Å². The molecule has 7 heteroatoms. The summed E-state index contributed by atoms with van der Waals surface area (Å²) >= 11 is 0. The quantitative estimate of drug-likeness (QED) is 0.282. The lowest BCUT2D eigenvalue weighted by Gasteiger charge is -2.31. The van der Waals surface area contributed by atoms with E-state index in [9.17, 15) is 9.90 Å². The second-order valence-electron chi connectivity index (χ2n) is 11.5. The van der Waals surface area contributed by atoms with Crippen LogP contribution in [0.25, 0.3) is 0 Å². The van der Waals surface area contributed by atoms with E-state index in [2.05, 4.69) is 44.3 Å². The summed E-state index contributed by atoms with van der Waals surface area (Å²) in [5.41, 5.74) is 8.89. The first-order chi connectivity index (χ1) is 17.6. The molecular formula is C30H52N2O5. The van der Waals surface area contributed by atoms with Gasteiger partial charge in [0.25, 0.3) is 0 Å². The Hall–Kier alpha value is -1.67. The number of amides is 1. The van der Waals surface area contributed by atoms with E-state index < -0.39 is 6.10 Å². The highest BCUT2D eigenvalue weighted by Gasteiger charge is 2.31. The Labute approximate surface area is 224 Å². The first-order valence-corrected chi connectivity index (χ1v) is 14.1. The Morgan fingerprint density at radius 3 is 2.46 bits per heavy atom. The van der Waals surface area contributed by atoms with Crippen LogP contribution < -0.4 is 15.8 Å². The number of hydrogen-bond acceptors (Lipinski definition) is 6. The third-order valence-corrected chi connectivity index (χ3v) is 7.72. The number of nitrogens with two attached hydrogens (primary N) is 1. The molecule has 4 N–H and O–H groups in total. The summed E-state index contributed by atoms with van der Waals surface area (Å²) in [6.45, 7) is 13.2. The zero-order valence-corrected chi connectivity index (χ0v) is 24.0. The van der Waals surface area contributed by atoms with Crippen molar-refractivity contribution < 1.29 is 24.1 Å². The van der Waals surface area contributed by atoms with Crippen molar-refractivity contribution in [3.8, 4) is 5.75 Å². The molecule has 4 atom stereocenters. The monoisotopic (exact) mass is 520 g/mol. The molecule has 3 unspecified atom stereocenters. The highest BCUT2D eigenvalue weighted by Crippen LogP contribution is 2.28. The summed E-state index contributed by atoms with van der Waals surface area (Å²) in [6, 6.07) is 6.16. The zero-order valence-electron chi connectivity index (χ0n) is 24.0. The minimum atomic E-state index is -0.730. The van der Waals surface area contributed by atoms with Gasteiger partial charge in [0.2, 0.25) is 5.91 Å². The standard InChI is InChI=1S/C30H52N2O5/c1-20(2)24(16-23-9-8-22(5)29(17-23)37-13-7-12-35-6)18-27(31)28(33)19-26(21(3)4)30(34)32-25-10-14-36-15-11-25/h8-9,17,20-21,24-28,33H,7,10-16,18-19,31H2,1-6H3,(H,32,34)/t24?,26?,27-,28?/m0/s1. The predicted molar refractivity (Wildman–Crippen MR) is 149 cm³/mol. The highest BCUT2D eigenvalue weighted by molar-refractivity contribution is 5.79. The van der Waals surface area contributed by atoms with E-state index in [0.717, 1.165) is 37.0 Å². The molecule has 1 aromatic carbocycles. The molecule has 2 rings (SSSR count). The number of carbonyl (C=O) groups excluding carboxylic acids is 1. The molecular weight excluding hydrogens is 468 g/mol. The summed E-state index contributed by atoms with van der Waals surface area (Å²) in [6.07, 6.45) is 3.75. The van der Waals surface area contributed by atoms with Gasteiger partial charge in [-0.05, 0) is 74.0 Å². The van der Waals surface area contributed by atoms with Gasteiger partial charge in [0.15, 0.2) is 0 Å². The highest BCUT2D eigenvalue weighted by atomic mass is 16.5. The molecule has 1 aliphatic rings. The Morgan fingerprint density at radius 2 is 1.84 bits per heavy atom. The number of aliphatic hydroxyl groups excluding tert-OH is 1. The average Bonchev–Trinajstić information content (AvgIpc) is 2.86. The van der Waals surface area contributed by atoms with E-state index in [1.165, 1.54) is 5.56 Å². The minimum Gasteiger partial charge on any atom is -0.493 e. The molecule has 37 heavy (non-hydrogen) atoms. The molecule has 1 amide bonds. The maximum absolute atomic E-state index is 13.0. The lowest BCUT2D eigenvalue weighted by Crippen LogP contribution is -2.46. The SMILES string of the molecule is COCCCOc1cc(CC(C[C@H](N)C(O)CC(C(=O)NC2CCOCC2)C(C)C)C(C)C)ccc1C. The number of nitrogens with one attached hydrogen (secondary N) is 1. The van der Waals surface area contributed by atoms with Gasteiger partial charge in [0, 0.05) is 51.4 Å². The number of rotatable bonds is 16. The van der Waals surface area contributed by atoms with Crippen molar-refractivity contribution in [3.05, 3.63) is 29.3 Å². The van der Waals surface area contributed by atoms with Crippen LogP contribution in [0.3, 0.4) is 0 Å². The van der Waals surface area contributed by atoms with Gasteiger partial charge in [-0.25, -0.2) is 0 Å². The lowest BCUT2D eigenvalue weighted by molar-refractivity contribution is -0.129. The van der Waals surface area contributed by atoms with Crippen molar-refractivity contribution in [3.63, 3.8) is 0 Å². The average molecular weight is 521 g/mol. The van der Waals surface area contributed by atoms with E-state index in [0.29, 0.717) is 51.1 Å². The molecule has 1 heterocycles. The summed E-state index contributed by atoms with van der Waals surface area (Å²) in [4.78, 5) is 13.0. The van der Waals surface area contributed by atoms with Gasteiger partial charge in [0.05, 0.1) is 12.7 Å². The predicted octanol–water partition coefficient (Wildman–Crippen LogP) is 4.26. The van der Waals surface area contributed by atoms with Crippen LogP contribution in [0.5, 0.6) is 5.75 Å². The molecule has 0 aliphatic carbocycles. The second-order valence-corrected chi connectivity index (χ2v) is 11.5. The van der Waals surface area contributed by atoms with Crippen LogP contribution in [-0.2, 0) is 20.7 Å². The largest absolute Gasteiger partial charge is 0.493 e. The van der Waals surface area contributed by atoms with E-state index in [4.69, 9.17) is 19.9 Å². The number of carbonyl (C=O) groups is 1. The van der Waals surface area contributed by atoms with Crippen LogP contribution in [0.2, 0.25) is 0 Å². The fraction of sp³-hybridized carbons (Fsp3) is 0.767. The van der Waals surface area contributed by atoms with Crippen molar-refractivity contribution in [2.75, 3.05) is 33.5 Å². The third-order valence-electron chi connectivity index (χ3n) is 7.72. The Kier molecular flexibility index (Phi) is 13.9. The summed E-state index contributed by atoms with van der Waals surface area (Å²) in [5, 5.41) is 14.2. The van der Waals surface area contributed by atoms with Crippen molar-refractivity contribution in [2.24, 2.45) is 29.4 Å². The molecule has 0 radical (unpaired) electrons. The molecule has 1 aromatic rings. The normalized spacial score (nSPS) is 18.0. The van der Waals surface area contributed by atoms with Gasteiger partial charge < -0.3 is 30.4 Å². The van der Waals surface area contributed by atoms with Gasteiger partial charge in [-0.15, -0.1) is 0 Å². The van der Waals surface area contributed by atoms with Crippen molar-refractivity contribution in [1.82, 2.24) is 5.32 Å². The van der Waals surface area contributed by atoms with Crippen LogP contribution >= 0.6 is 0 Å². The Bertz CT molecular complexity index is 794. The third kappa shape index (κ3) is 10.9. The Morgan fingerprint density at radius 1 is 1.14 bits per heavy atom. The fourth-order valence-electron chi connectivity index (χ4n) is 4.98. The summed E-state index contributed by atoms with van der Waals surface area (Å²) < 4.78 is 16.5. The number of aliphatic hydroxyl groups is 1. The first-order valence-electron chi connectivity index (χ1n) is 14.1. The topological polar surface area (TPSA) is 103 Å². The molecule has 0 spiro atoms.